The first kappa shape index (κ1) is 10.8. The van der Waals surface area contributed by atoms with E-state index in [9.17, 15) is 9.59 Å². The first-order valence-electron chi connectivity index (χ1n) is 4.30. The lowest BCUT2D eigenvalue weighted by atomic mass is 10.1. The lowest BCUT2D eigenvalue weighted by Gasteiger charge is -2.04. The number of aromatic nitrogens is 1. The second-order valence-electron chi connectivity index (χ2n) is 3.18. The van der Waals surface area contributed by atoms with E-state index in [2.05, 4.69) is 10.3 Å². The number of amides is 1. The summed E-state index contributed by atoms with van der Waals surface area (Å²) >= 11 is 1.35. The fourth-order valence-electron chi connectivity index (χ4n) is 0.787. The molecule has 0 atom stereocenters. The molecule has 4 nitrogen and oxygen atoms in total. The van der Waals surface area contributed by atoms with Crippen LogP contribution in [-0.4, -0.2) is 23.2 Å². The minimum atomic E-state index is -0.291. The van der Waals surface area contributed by atoms with Gasteiger partial charge in [-0.25, -0.2) is 4.98 Å². The molecule has 0 radical (unpaired) electrons. The molecule has 0 fully saturated rings. The number of hydrogen-bond acceptors (Lipinski definition) is 4. The predicted octanol–water partition coefficient (Wildman–Crippen LogP) is 1.10. The minimum Gasteiger partial charge on any atom is -0.344 e. The summed E-state index contributed by atoms with van der Waals surface area (Å²) in [5.41, 5.74) is 1.95. The molecule has 0 aliphatic rings. The molecule has 0 bridgehead atoms. The smallest absolute Gasteiger partial charge is 0.271 e. The van der Waals surface area contributed by atoms with Gasteiger partial charge in [0.1, 0.15) is 5.69 Å². The predicted molar refractivity (Wildman–Crippen MR) is 54.3 cm³/mol. The molecule has 0 aliphatic heterocycles. The van der Waals surface area contributed by atoms with Crippen LogP contribution in [0.1, 0.15) is 24.3 Å². The van der Waals surface area contributed by atoms with E-state index >= 15 is 0 Å². The highest BCUT2D eigenvalue weighted by Crippen LogP contribution is 2.00. The quantitative estimate of drug-likeness (QED) is 0.813. The Kier molecular flexibility index (Phi) is 3.76. The highest BCUT2D eigenvalue weighted by atomic mass is 32.1. The third-order valence-corrected chi connectivity index (χ3v) is 2.32. The van der Waals surface area contributed by atoms with Gasteiger partial charge in [-0.05, 0) is 0 Å². The van der Waals surface area contributed by atoms with Crippen molar-refractivity contribution in [3.8, 4) is 0 Å². The molecule has 1 N–H and O–H groups in total. The average Bonchev–Trinajstić information content (AvgIpc) is 2.66. The Morgan fingerprint density at radius 2 is 2.29 bits per heavy atom. The SMILES string of the molecule is CC(C)C(=O)CNC(=O)c1cscn1. The second kappa shape index (κ2) is 4.85. The molecule has 0 aliphatic carbocycles. The molecular weight excluding hydrogens is 200 g/mol. The van der Waals surface area contributed by atoms with E-state index in [0.717, 1.165) is 0 Å². The molecule has 1 rings (SSSR count). The summed E-state index contributed by atoms with van der Waals surface area (Å²) in [6.45, 7) is 3.68. The molecule has 76 valence electrons. The van der Waals surface area contributed by atoms with Gasteiger partial charge in [-0.2, -0.15) is 0 Å². The number of thiazole rings is 1. The zero-order chi connectivity index (χ0) is 10.6. The largest absolute Gasteiger partial charge is 0.344 e. The molecule has 1 amide bonds. The lowest BCUT2D eigenvalue weighted by Crippen LogP contribution is -2.31. The molecule has 0 aromatic carbocycles. The number of ketones is 1. The fourth-order valence-corrected chi connectivity index (χ4v) is 1.32. The van der Waals surface area contributed by atoms with Crippen LogP contribution in [0.15, 0.2) is 10.9 Å². The Balaban J connectivity index is 2.40. The van der Waals surface area contributed by atoms with Gasteiger partial charge in [-0.1, -0.05) is 13.8 Å². The fraction of sp³-hybridized carbons (Fsp3) is 0.444. The highest BCUT2D eigenvalue weighted by Gasteiger charge is 2.11. The molecule has 5 heteroatoms. The summed E-state index contributed by atoms with van der Waals surface area (Å²) < 4.78 is 0. The first-order valence-corrected chi connectivity index (χ1v) is 5.24. The van der Waals surface area contributed by atoms with Crippen molar-refractivity contribution in [3.05, 3.63) is 16.6 Å². The van der Waals surface area contributed by atoms with Crippen LogP contribution in [0.4, 0.5) is 0 Å². The number of nitrogens with one attached hydrogen (secondary N) is 1. The van der Waals surface area contributed by atoms with Crippen LogP contribution in [0.3, 0.4) is 0 Å². The van der Waals surface area contributed by atoms with Crippen molar-refractivity contribution in [1.82, 2.24) is 10.3 Å². The Bertz CT molecular complexity index is 320. The van der Waals surface area contributed by atoms with Crippen molar-refractivity contribution >= 4 is 23.0 Å². The Morgan fingerprint density at radius 3 is 2.79 bits per heavy atom. The molecule has 0 spiro atoms. The van der Waals surface area contributed by atoms with Gasteiger partial charge in [-0.3, -0.25) is 9.59 Å². The number of Topliss-reactive ketones (excluding diaryl/α,β-unsaturated/α-hetero) is 1. The number of hydrogen-bond donors (Lipinski definition) is 1. The van der Waals surface area contributed by atoms with Gasteiger partial charge in [-0.15, -0.1) is 11.3 Å². The molecule has 14 heavy (non-hydrogen) atoms. The summed E-state index contributed by atoms with van der Waals surface area (Å²) in [5.74, 6) is -0.320. The molecule has 0 unspecified atom stereocenters. The van der Waals surface area contributed by atoms with Gasteiger partial charge in [0.25, 0.3) is 5.91 Å². The van der Waals surface area contributed by atoms with Gasteiger partial charge < -0.3 is 5.32 Å². The zero-order valence-corrected chi connectivity index (χ0v) is 8.93. The summed E-state index contributed by atoms with van der Waals surface area (Å²) in [4.78, 5) is 26.3. The normalized spacial score (nSPS) is 10.2. The van der Waals surface area contributed by atoms with Gasteiger partial charge in [0, 0.05) is 11.3 Å². The van der Waals surface area contributed by atoms with Crippen LogP contribution in [0.25, 0.3) is 0 Å². The zero-order valence-electron chi connectivity index (χ0n) is 8.11. The highest BCUT2D eigenvalue weighted by molar-refractivity contribution is 7.07. The third kappa shape index (κ3) is 2.92. The van der Waals surface area contributed by atoms with Crippen LogP contribution in [0.5, 0.6) is 0 Å². The molecule has 0 saturated carbocycles. The molecular formula is C9H12N2O2S. The average molecular weight is 212 g/mol. The molecule has 1 aromatic heterocycles. The van der Waals surface area contributed by atoms with Gasteiger partial charge in [0.15, 0.2) is 5.78 Å². The Morgan fingerprint density at radius 1 is 1.57 bits per heavy atom. The second-order valence-corrected chi connectivity index (χ2v) is 3.90. The van der Waals surface area contributed by atoms with Gasteiger partial charge in [0.2, 0.25) is 0 Å². The maximum atomic E-state index is 11.3. The van der Waals surface area contributed by atoms with Gasteiger partial charge in [0.05, 0.1) is 12.1 Å². The van der Waals surface area contributed by atoms with Crippen LogP contribution >= 0.6 is 11.3 Å². The van der Waals surface area contributed by atoms with Crippen molar-refractivity contribution in [1.29, 1.82) is 0 Å². The van der Waals surface area contributed by atoms with E-state index in [-0.39, 0.29) is 24.2 Å². The van der Waals surface area contributed by atoms with E-state index in [1.54, 1.807) is 24.7 Å². The number of carbonyl (C=O) groups is 2. The summed E-state index contributed by atoms with van der Waals surface area (Å²) in [5, 5.41) is 4.17. The van der Waals surface area contributed by atoms with E-state index in [4.69, 9.17) is 0 Å². The maximum Gasteiger partial charge on any atom is 0.271 e. The Hall–Kier alpha value is -1.23. The van der Waals surface area contributed by atoms with Crippen molar-refractivity contribution in [2.24, 2.45) is 5.92 Å². The molecule has 0 saturated heterocycles. The lowest BCUT2D eigenvalue weighted by molar-refractivity contribution is -0.120. The van der Waals surface area contributed by atoms with Gasteiger partial charge >= 0.3 is 0 Å². The standard InChI is InChI=1S/C9H12N2O2S/c1-6(2)8(12)3-10-9(13)7-4-14-5-11-7/h4-6H,3H2,1-2H3,(H,10,13). The topological polar surface area (TPSA) is 59.1 Å². The van der Waals surface area contributed by atoms with Crippen molar-refractivity contribution in [2.75, 3.05) is 6.54 Å². The van der Waals surface area contributed by atoms with E-state index in [1.807, 2.05) is 0 Å². The van der Waals surface area contributed by atoms with Crippen LogP contribution in [0, 0.1) is 5.92 Å². The first-order chi connectivity index (χ1) is 6.61. The number of rotatable bonds is 4. The monoisotopic (exact) mass is 212 g/mol. The van der Waals surface area contributed by atoms with Crippen LogP contribution in [-0.2, 0) is 4.79 Å². The minimum absolute atomic E-state index is 0.0218. The van der Waals surface area contributed by atoms with Crippen molar-refractivity contribution < 1.29 is 9.59 Å². The summed E-state index contributed by atoms with van der Waals surface area (Å²) in [7, 11) is 0. The van der Waals surface area contributed by atoms with E-state index < -0.39 is 0 Å². The molecule has 1 heterocycles. The number of nitrogens with zero attached hydrogens (tertiary/aromatic N) is 1. The Labute approximate surface area is 86.4 Å². The van der Waals surface area contributed by atoms with E-state index in [1.165, 1.54) is 11.3 Å². The third-order valence-electron chi connectivity index (χ3n) is 1.73. The van der Waals surface area contributed by atoms with Crippen LogP contribution < -0.4 is 5.32 Å². The van der Waals surface area contributed by atoms with Crippen molar-refractivity contribution in [2.45, 2.75) is 13.8 Å². The summed E-state index contributed by atoms with van der Waals surface area (Å²) in [6, 6.07) is 0. The molecule has 1 aromatic rings. The van der Waals surface area contributed by atoms with Crippen LogP contribution in [0.2, 0.25) is 0 Å². The van der Waals surface area contributed by atoms with Crippen molar-refractivity contribution in [3.63, 3.8) is 0 Å². The number of carbonyl (C=O) groups excluding carboxylic acids is 2. The summed E-state index contributed by atoms with van der Waals surface area (Å²) in [6.07, 6.45) is 0. The van der Waals surface area contributed by atoms with E-state index in [0.29, 0.717) is 5.69 Å². The maximum absolute atomic E-state index is 11.3.